The van der Waals surface area contributed by atoms with Crippen LogP contribution in [0.25, 0.3) is 11.0 Å². The summed E-state index contributed by atoms with van der Waals surface area (Å²) in [5, 5.41) is 9.98. The molecule has 3 rings (SSSR count). The minimum atomic E-state index is -0.625. The summed E-state index contributed by atoms with van der Waals surface area (Å²) in [4.78, 5) is 24.0. The van der Waals surface area contributed by atoms with Crippen LogP contribution in [0, 0.1) is 5.82 Å². The Morgan fingerprint density at radius 1 is 1.20 bits per heavy atom. The Kier molecular flexibility index (Phi) is 7.03. The number of ether oxygens (including phenoxy) is 1. The van der Waals surface area contributed by atoms with Crippen molar-refractivity contribution in [2.75, 3.05) is 13.2 Å². The van der Waals surface area contributed by atoms with E-state index < -0.39 is 11.7 Å². The van der Waals surface area contributed by atoms with Crippen LogP contribution in [0.5, 0.6) is 5.75 Å². The SMILES string of the molecule is C=C(CCNC(=O)COc1ccc(Cl)c(F)c1)NC(=O)Cc1noc2ccccc12. The van der Waals surface area contributed by atoms with E-state index in [9.17, 15) is 14.0 Å². The average Bonchev–Trinajstić information content (AvgIpc) is 3.11. The lowest BCUT2D eigenvalue weighted by Crippen LogP contribution is -2.32. The molecule has 0 bridgehead atoms. The van der Waals surface area contributed by atoms with Crippen molar-refractivity contribution in [1.29, 1.82) is 0 Å². The van der Waals surface area contributed by atoms with Gasteiger partial charge in [0.05, 0.1) is 11.4 Å². The Morgan fingerprint density at radius 3 is 2.80 bits per heavy atom. The number of hydrogen-bond donors (Lipinski definition) is 2. The Balaban J connectivity index is 1.36. The van der Waals surface area contributed by atoms with Crippen molar-refractivity contribution in [3.63, 3.8) is 0 Å². The fourth-order valence-corrected chi connectivity index (χ4v) is 2.76. The van der Waals surface area contributed by atoms with Crippen molar-refractivity contribution >= 4 is 34.4 Å². The number of hydrogen-bond acceptors (Lipinski definition) is 5. The second kappa shape index (κ2) is 9.89. The maximum atomic E-state index is 13.3. The highest BCUT2D eigenvalue weighted by molar-refractivity contribution is 6.30. The van der Waals surface area contributed by atoms with Crippen molar-refractivity contribution in [1.82, 2.24) is 15.8 Å². The number of fused-ring (bicyclic) bond motifs is 1. The highest BCUT2D eigenvalue weighted by atomic mass is 35.5. The first kappa shape index (κ1) is 21.3. The van der Waals surface area contributed by atoms with Crippen LogP contribution >= 0.6 is 11.6 Å². The fraction of sp³-hybridized carbons (Fsp3) is 0.190. The number of carbonyl (C=O) groups excluding carboxylic acids is 2. The van der Waals surface area contributed by atoms with E-state index >= 15 is 0 Å². The van der Waals surface area contributed by atoms with Crippen LogP contribution in [0.1, 0.15) is 12.1 Å². The topological polar surface area (TPSA) is 93.5 Å². The van der Waals surface area contributed by atoms with Gasteiger partial charge in [0.25, 0.3) is 5.91 Å². The van der Waals surface area contributed by atoms with Gasteiger partial charge in [0, 0.05) is 30.1 Å². The summed E-state index contributed by atoms with van der Waals surface area (Å²) in [6.45, 7) is 3.76. The molecule has 0 atom stereocenters. The zero-order valence-corrected chi connectivity index (χ0v) is 16.7. The minimum absolute atomic E-state index is 0.0240. The van der Waals surface area contributed by atoms with Gasteiger partial charge in [-0.2, -0.15) is 0 Å². The van der Waals surface area contributed by atoms with Crippen LogP contribution in [-0.2, 0) is 16.0 Å². The van der Waals surface area contributed by atoms with Crippen LogP contribution < -0.4 is 15.4 Å². The van der Waals surface area contributed by atoms with Gasteiger partial charge in [-0.1, -0.05) is 35.5 Å². The number of carbonyl (C=O) groups is 2. The zero-order valence-electron chi connectivity index (χ0n) is 15.9. The maximum Gasteiger partial charge on any atom is 0.257 e. The molecule has 0 fully saturated rings. The molecular formula is C21H19ClFN3O4. The van der Waals surface area contributed by atoms with Gasteiger partial charge in [-0.25, -0.2) is 4.39 Å². The first-order chi connectivity index (χ1) is 14.4. The second-order valence-corrected chi connectivity index (χ2v) is 6.83. The standard InChI is InChI=1S/C21H19ClFN3O4/c1-13(25-20(27)11-18-15-4-2-3-5-19(15)30-26-18)8-9-24-21(28)12-29-14-6-7-16(22)17(23)10-14/h2-7,10H,1,8-9,11-12H2,(H,24,28)(H,25,27). The Labute approximate surface area is 176 Å². The summed E-state index contributed by atoms with van der Waals surface area (Å²) in [5.74, 6) is -1.10. The molecule has 2 aromatic carbocycles. The van der Waals surface area contributed by atoms with Crippen LogP contribution in [-0.4, -0.2) is 30.1 Å². The molecule has 0 saturated carbocycles. The highest BCUT2D eigenvalue weighted by Crippen LogP contribution is 2.20. The van der Waals surface area contributed by atoms with E-state index in [-0.39, 0.29) is 36.3 Å². The molecule has 1 aromatic heterocycles. The monoisotopic (exact) mass is 431 g/mol. The number of nitrogens with zero attached hydrogens (tertiary/aromatic N) is 1. The number of nitrogens with one attached hydrogen (secondary N) is 2. The number of benzene rings is 2. The lowest BCUT2D eigenvalue weighted by molar-refractivity contribution is -0.123. The van der Waals surface area contributed by atoms with Crippen molar-refractivity contribution in [2.45, 2.75) is 12.8 Å². The molecule has 0 radical (unpaired) electrons. The third-order valence-electron chi connectivity index (χ3n) is 4.11. The molecule has 1 heterocycles. The van der Waals surface area contributed by atoms with Crippen molar-refractivity contribution in [2.24, 2.45) is 0 Å². The van der Waals surface area contributed by atoms with E-state index in [0.717, 1.165) is 11.5 Å². The molecule has 3 aromatic rings. The largest absolute Gasteiger partial charge is 0.484 e. The summed E-state index contributed by atoms with van der Waals surface area (Å²) in [7, 11) is 0. The average molecular weight is 432 g/mol. The van der Waals surface area contributed by atoms with Crippen molar-refractivity contribution in [3.05, 3.63) is 71.3 Å². The Bertz CT molecular complexity index is 1080. The predicted octanol–water partition coefficient (Wildman–Crippen LogP) is 3.38. The van der Waals surface area contributed by atoms with Gasteiger partial charge in [0.2, 0.25) is 5.91 Å². The molecule has 0 spiro atoms. The van der Waals surface area contributed by atoms with Crippen LogP contribution in [0.15, 0.2) is 59.3 Å². The molecule has 0 aliphatic heterocycles. The summed E-state index contributed by atoms with van der Waals surface area (Å²) in [6.07, 6.45) is 0.389. The molecule has 0 saturated heterocycles. The predicted molar refractivity (Wildman–Crippen MR) is 110 cm³/mol. The van der Waals surface area contributed by atoms with E-state index in [0.29, 0.717) is 23.4 Å². The van der Waals surface area contributed by atoms with E-state index in [1.54, 1.807) is 6.07 Å². The first-order valence-corrected chi connectivity index (χ1v) is 9.45. The van der Waals surface area contributed by atoms with Gasteiger partial charge in [-0.3, -0.25) is 9.59 Å². The summed E-state index contributed by atoms with van der Waals surface area (Å²) < 4.78 is 23.7. The third kappa shape index (κ3) is 5.81. The van der Waals surface area contributed by atoms with Crippen LogP contribution in [0.4, 0.5) is 4.39 Å². The van der Waals surface area contributed by atoms with E-state index in [4.69, 9.17) is 20.9 Å². The number of para-hydroxylation sites is 1. The van der Waals surface area contributed by atoms with Gasteiger partial charge in [-0.15, -0.1) is 0 Å². The summed E-state index contributed by atoms with van der Waals surface area (Å²) in [6, 6.07) is 11.2. The lowest BCUT2D eigenvalue weighted by atomic mass is 10.1. The van der Waals surface area contributed by atoms with E-state index in [2.05, 4.69) is 22.4 Å². The number of aromatic nitrogens is 1. The normalized spacial score (nSPS) is 10.6. The Hall–Kier alpha value is -3.39. The molecule has 30 heavy (non-hydrogen) atoms. The summed E-state index contributed by atoms with van der Waals surface area (Å²) >= 11 is 5.59. The molecule has 0 aliphatic rings. The minimum Gasteiger partial charge on any atom is -0.484 e. The van der Waals surface area contributed by atoms with Crippen molar-refractivity contribution < 1.29 is 23.2 Å². The third-order valence-corrected chi connectivity index (χ3v) is 4.41. The molecule has 7 nitrogen and oxygen atoms in total. The van der Waals surface area contributed by atoms with Gasteiger partial charge < -0.3 is 19.9 Å². The number of rotatable bonds is 9. The van der Waals surface area contributed by atoms with Crippen molar-refractivity contribution in [3.8, 4) is 5.75 Å². The van der Waals surface area contributed by atoms with Gasteiger partial charge in [-0.05, 0) is 24.3 Å². The quantitative estimate of drug-likeness (QED) is 0.541. The summed E-state index contributed by atoms with van der Waals surface area (Å²) in [5.41, 5.74) is 1.61. The lowest BCUT2D eigenvalue weighted by Gasteiger charge is -2.10. The second-order valence-electron chi connectivity index (χ2n) is 6.42. The zero-order chi connectivity index (χ0) is 21.5. The fourth-order valence-electron chi connectivity index (χ4n) is 2.64. The number of amides is 2. The molecule has 2 N–H and O–H groups in total. The van der Waals surface area contributed by atoms with E-state index in [1.807, 2.05) is 18.2 Å². The van der Waals surface area contributed by atoms with Gasteiger partial charge >= 0.3 is 0 Å². The maximum absolute atomic E-state index is 13.3. The smallest absolute Gasteiger partial charge is 0.257 e. The molecular weight excluding hydrogens is 413 g/mol. The molecule has 2 amide bonds. The van der Waals surface area contributed by atoms with E-state index in [1.165, 1.54) is 12.1 Å². The molecule has 0 unspecified atom stereocenters. The molecule has 156 valence electrons. The first-order valence-electron chi connectivity index (χ1n) is 9.08. The highest BCUT2D eigenvalue weighted by Gasteiger charge is 2.13. The molecule has 0 aliphatic carbocycles. The van der Waals surface area contributed by atoms with Crippen LogP contribution in [0.2, 0.25) is 5.02 Å². The Morgan fingerprint density at radius 2 is 2.00 bits per heavy atom. The van der Waals surface area contributed by atoms with Gasteiger partial charge in [0.1, 0.15) is 17.3 Å². The molecule has 9 heteroatoms. The number of halogens is 2. The van der Waals surface area contributed by atoms with Gasteiger partial charge in [0.15, 0.2) is 12.2 Å². The van der Waals surface area contributed by atoms with Crippen LogP contribution in [0.3, 0.4) is 0 Å².